The Morgan fingerprint density at radius 2 is 1.42 bits per heavy atom. The van der Waals surface area contributed by atoms with Crippen LogP contribution in [-0.2, 0) is 36.9 Å². The molecule has 4 atom stereocenters. The van der Waals surface area contributed by atoms with Crippen LogP contribution in [0.1, 0.15) is 76.8 Å². The number of hydrogen-bond acceptors (Lipinski definition) is 6. The molecule has 0 radical (unpaired) electrons. The summed E-state index contributed by atoms with van der Waals surface area (Å²) in [4.78, 5) is 0. The van der Waals surface area contributed by atoms with Crippen LogP contribution in [0, 0.1) is 0 Å². The Bertz CT molecular complexity index is 924. The fourth-order valence-electron chi connectivity index (χ4n) is 5.42. The predicted octanol–water partition coefficient (Wildman–Crippen LogP) is 6.38. The molecule has 2 aliphatic rings. The first-order chi connectivity index (χ1) is 18.5. The van der Waals surface area contributed by atoms with Crippen molar-refractivity contribution < 1.29 is 23.7 Å². The van der Waals surface area contributed by atoms with Gasteiger partial charge in [0.15, 0.2) is 5.79 Å². The van der Waals surface area contributed by atoms with Gasteiger partial charge in [0.25, 0.3) is 0 Å². The molecule has 4 rings (SSSR count). The summed E-state index contributed by atoms with van der Waals surface area (Å²) in [5.74, 6) is -1.80. The molecule has 2 aromatic rings. The first-order valence-electron chi connectivity index (χ1n) is 14.5. The van der Waals surface area contributed by atoms with Crippen molar-refractivity contribution in [2.24, 2.45) is 0 Å². The van der Waals surface area contributed by atoms with Crippen LogP contribution in [0.25, 0.3) is 0 Å². The third-order valence-electron chi connectivity index (χ3n) is 7.28. The van der Waals surface area contributed by atoms with Crippen molar-refractivity contribution >= 4 is 0 Å². The molecule has 6 heteroatoms. The Kier molecular flexibility index (Phi) is 11.2. The lowest BCUT2D eigenvalue weighted by molar-refractivity contribution is -0.279. The number of ether oxygens (including phenoxy) is 5. The molecule has 0 spiro atoms. The van der Waals surface area contributed by atoms with Crippen LogP contribution >= 0.6 is 0 Å². The number of hydrogen-bond donors (Lipinski definition) is 1. The normalized spacial score (nSPS) is 26.0. The molecule has 2 fully saturated rings. The van der Waals surface area contributed by atoms with Gasteiger partial charge in [0.1, 0.15) is 24.9 Å². The van der Waals surface area contributed by atoms with Gasteiger partial charge in [-0.1, -0.05) is 106 Å². The van der Waals surface area contributed by atoms with Crippen LogP contribution in [0.5, 0.6) is 0 Å². The zero-order valence-electron chi connectivity index (χ0n) is 23.5. The van der Waals surface area contributed by atoms with Gasteiger partial charge in [0.05, 0.1) is 13.2 Å². The van der Waals surface area contributed by atoms with Crippen molar-refractivity contribution in [1.29, 1.82) is 0 Å². The minimum Gasteiger partial charge on any atom is -0.371 e. The molecule has 0 saturated carbocycles. The maximum absolute atomic E-state index is 6.66. The number of nitrogens with one attached hydrogen (secondary N) is 1. The van der Waals surface area contributed by atoms with E-state index in [1.807, 2.05) is 50.2 Å². The SMILES string of the molecule is CCCCCCCCCNC[C@@H]1O[C@@]2(COCc3ccccc3)OC(C)(C)O[C@H]2[C@@H]1OCc1ccccc1. The summed E-state index contributed by atoms with van der Waals surface area (Å²) in [6.45, 7) is 9.01. The number of unbranched alkanes of at least 4 members (excludes halogenated alkanes) is 6. The molecule has 6 nitrogen and oxygen atoms in total. The average molecular weight is 526 g/mol. The molecule has 2 saturated heterocycles. The molecule has 1 N–H and O–H groups in total. The lowest BCUT2D eigenvalue weighted by Crippen LogP contribution is -2.45. The van der Waals surface area contributed by atoms with Gasteiger partial charge in [-0.05, 0) is 37.9 Å². The highest BCUT2D eigenvalue weighted by atomic mass is 16.9. The van der Waals surface area contributed by atoms with Crippen molar-refractivity contribution in [3.63, 3.8) is 0 Å². The van der Waals surface area contributed by atoms with E-state index in [2.05, 4.69) is 36.5 Å². The second-order valence-corrected chi connectivity index (χ2v) is 11.1. The molecule has 2 heterocycles. The van der Waals surface area contributed by atoms with E-state index in [9.17, 15) is 0 Å². The van der Waals surface area contributed by atoms with Gasteiger partial charge in [-0.3, -0.25) is 0 Å². The van der Waals surface area contributed by atoms with Crippen LogP contribution in [0.15, 0.2) is 60.7 Å². The summed E-state index contributed by atoms with van der Waals surface area (Å²) in [5.41, 5.74) is 2.24. The third-order valence-corrected chi connectivity index (χ3v) is 7.28. The molecular weight excluding hydrogens is 478 g/mol. The Morgan fingerprint density at radius 1 is 0.789 bits per heavy atom. The zero-order valence-corrected chi connectivity index (χ0v) is 23.5. The van der Waals surface area contributed by atoms with Crippen molar-refractivity contribution in [2.45, 2.75) is 109 Å². The molecule has 0 unspecified atom stereocenters. The molecule has 0 bridgehead atoms. The third kappa shape index (κ3) is 8.35. The highest BCUT2D eigenvalue weighted by molar-refractivity contribution is 5.15. The van der Waals surface area contributed by atoms with Crippen molar-refractivity contribution in [1.82, 2.24) is 5.32 Å². The largest absolute Gasteiger partial charge is 0.371 e. The zero-order chi connectivity index (χ0) is 26.7. The molecule has 38 heavy (non-hydrogen) atoms. The Labute approximate surface area is 229 Å². The topological polar surface area (TPSA) is 58.2 Å². The number of benzene rings is 2. The van der Waals surface area contributed by atoms with E-state index < -0.39 is 11.6 Å². The summed E-state index contributed by atoms with van der Waals surface area (Å²) in [5, 5.41) is 3.61. The van der Waals surface area contributed by atoms with E-state index in [0.29, 0.717) is 19.8 Å². The van der Waals surface area contributed by atoms with E-state index in [1.54, 1.807) is 0 Å². The quantitative estimate of drug-likeness (QED) is 0.242. The maximum Gasteiger partial charge on any atom is 0.224 e. The summed E-state index contributed by atoms with van der Waals surface area (Å²) in [6, 6.07) is 20.4. The highest BCUT2D eigenvalue weighted by Crippen LogP contribution is 2.46. The van der Waals surface area contributed by atoms with Gasteiger partial charge in [0, 0.05) is 6.54 Å². The van der Waals surface area contributed by atoms with Crippen LogP contribution in [0.3, 0.4) is 0 Å². The van der Waals surface area contributed by atoms with Gasteiger partial charge < -0.3 is 29.0 Å². The van der Waals surface area contributed by atoms with Gasteiger partial charge in [0.2, 0.25) is 5.79 Å². The molecule has 2 aliphatic heterocycles. The average Bonchev–Trinajstić information content (AvgIpc) is 3.33. The van der Waals surface area contributed by atoms with Crippen LogP contribution < -0.4 is 5.32 Å². The summed E-state index contributed by atoms with van der Waals surface area (Å²) < 4.78 is 32.2. The summed E-state index contributed by atoms with van der Waals surface area (Å²) in [6.07, 6.45) is 8.21. The van der Waals surface area contributed by atoms with E-state index in [-0.39, 0.29) is 24.9 Å². The van der Waals surface area contributed by atoms with Gasteiger partial charge >= 0.3 is 0 Å². The summed E-state index contributed by atoms with van der Waals surface area (Å²) in [7, 11) is 0. The van der Waals surface area contributed by atoms with E-state index in [4.69, 9.17) is 23.7 Å². The molecule has 0 aliphatic carbocycles. The standard InChI is InChI=1S/C32H47NO5/c1-4-5-6-7-8-9-16-21-33-22-28-29(35-24-27-19-14-11-15-20-27)30-32(36-28,38-31(2,3)37-30)25-34-23-26-17-12-10-13-18-26/h10-15,17-20,28-30,33H,4-9,16,21-25H2,1-3H3/t28-,29+,30-,32-/m0/s1. The van der Waals surface area contributed by atoms with E-state index in [1.165, 1.54) is 44.9 Å². The summed E-state index contributed by atoms with van der Waals surface area (Å²) >= 11 is 0. The molecule has 210 valence electrons. The fourth-order valence-corrected chi connectivity index (χ4v) is 5.42. The monoisotopic (exact) mass is 525 g/mol. The Morgan fingerprint density at radius 3 is 2.11 bits per heavy atom. The maximum atomic E-state index is 6.66. The molecule has 2 aromatic carbocycles. The second kappa shape index (κ2) is 14.5. The Hall–Kier alpha value is -1.80. The molecular formula is C32H47NO5. The van der Waals surface area contributed by atoms with Crippen LogP contribution in [-0.4, -0.2) is 49.6 Å². The highest BCUT2D eigenvalue weighted by Gasteiger charge is 2.65. The van der Waals surface area contributed by atoms with Crippen molar-refractivity contribution in [3.05, 3.63) is 71.8 Å². The minimum atomic E-state index is -1.01. The van der Waals surface area contributed by atoms with Gasteiger partial charge in [-0.2, -0.15) is 0 Å². The van der Waals surface area contributed by atoms with Crippen molar-refractivity contribution in [2.75, 3.05) is 19.7 Å². The van der Waals surface area contributed by atoms with Gasteiger partial charge in [-0.15, -0.1) is 0 Å². The van der Waals surface area contributed by atoms with E-state index in [0.717, 1.165) is 17.7 Å². The predicted molar refractivity (Wildman–Crippen MR) is 150 cm³/mol. The van der Waals surface area contributed by atoms with Crippen LogP contribution in [0.2, 0.25) is 0 Å². The van der Waals surface area contributed by atoms with Crippen molar-refractivity contribution in [3.8, 4) is 0 Å². The number of rotatable bonds is 17. The molecule has 0 amide bonds. The number of fused-ring (bicyclic) bond motifs is 1. The fraction of sp³-hybridized carbons (Fsp3) is 0.625. The lowest BCUT2D eigenvalue weighted by Gasteiger charge is -2.29. The minimum absolute atomic E-state index is 0.204. The Balaban J connectivity index is 1.36. The van der Waals surface area contributed by atoms with E-state index >= 15 is 0 Å². The molecule has 0 aromatic heterocycles. The second-order valence-electron chi connectivity index (χ2n) is 11.1. The first kappa shape index (κ1) is 29.2. The van der Waals surface area contributed by atoms with Gasteiger partial charge in [-0.25, -0.2) is 0 Å². The smallest absolute Gasteiger partial charge is 0.224 e. The van der Waals surface area contributed by atoms with Crippen LogP contribution in [0.4, 0.5) is 0 Å². The lowest BCUT2D eigenvalue weighted by atomic mass is 10.0. The first-order valence-corrected chi connectivity index (χ1v) is 14.5.